The molecule has 3 N–H and O–H groups in total. The predicted molar refractivity (Wildman–Crippen MR) is 81.1 cm³/mol. The lowest BCUT2D eigenvalue weighted by Gasteiger charge is -2.20. The van der Waals surface area contributed by atoms with E-state index in [1.807, 2.05) is 24.3 Å². The third kappa shape index (κ3) is 3.46. The van der Waals surface area contributed by atoms with E-state index in [4.69, 9.17) is 18.0 Å². The molecule has 1 fully saturated rings. The SMILES string of the molecule is NC(=S)c1cccc(NC(=O)C2CCCCS2)c1. The Balaban J connectivity index is 2.02. The summed E-state index contributed by atoms with van der Waals surface area (Å²) in [6, 6.07) is 7.35. The van der Waals surface area contributed by atoms with Crippen LogP contribution in [0.15, 0.2) is 24.3 Å². The van der Waals surface area contributed by atoms with Crippen molar-refractivity contribution >= 4 is 40.6 Å². The van der Waals surface area contributed by atoms with Crippen molar-refractivity contribution in [3.8, 4) is 0 Å². The van der Waals surface area contributed by atoms with E-state index in [0.29, 0.717) is 4.99 Å². The van der Waals surface area contributed by atoms with Crippen molar-refractivity contribution in [1.82, 2.24) is 0 Å². The van der Waals surface area contributed by atoms with Crippen molar-refractivity contribution < 1.29 is 4.79 Å². The molecule has 0 aliphatic carbocycles. The minimum atomic E-state index is 0.0761. The molecule has 1 amide bonds. The van der Waals surface area contributed by atoms with Crippen molar-refractivity contribution in [3.05, 3.63) is 29.8 Å². The lowest BCUT2D eigenvalue weighted by atomic mass is 10.1. The largest absolute Gasteiger partial charge is 0.389 e. The van der Waals surface area contributed by atoms with Crippen LogP contribution in [0.2, 0.25) is 0 Å². The molecule has 96 valence electrons. The molecule has 5 heteroatoms. The van der Waals surface area contributed by atoms with Gasteiger partial charge in [0.2, 0.25) is 5.91 Å². The standard InChI is InChI=1S/C13H16N2OS2/c14-12(17)9-4-3-5-10(8-9)15-13(16)11-6-1-2-7-18-11/h3-5,8,11H,1-2,6-7H2,(H2,14,17)(H,15,16). The van der Waals surface area contributed by atoms with Crippen molar-refractivity contribution in [2.75, 3.05) is 11.1 Å². The highest BCUT2D eigenvalue weighted by atomic mass is 32.2. The molecule has 1 aromatic rings. The zero-order valence-corrected chi connectivity index (χ0v) is 11.7. The fraction of sp³-hybridized carbons (Fsp3) is 0.385. The van der Waals surface area contributed by atoms with E-state index in [9.17, 15) is 4.79 Å². The number of carbonyl (C=O) groups is 1. The van der Waals surface area contributed by atoms with Gasteiger partial charge in [-0.25, -0.2) is 0 Å². The van der Waals surface area contributed by atoms with Gasteiger partial charge in [0.05, 0.1) is 5.25 Å². The molecule has 3 nitrogen and oxygen atoms in total. The van der Waals surface area contributed by atoms with Crippen LogP contribution in [0.1, 0.15) is 24.8 Å². The molecule has 1 aliphatic rings. The van der Waals surface area contributed by atoms with E-state index in [0.717, 1.165) is 29.8 Å². The third-order valence-electron chi connectivity index (χ3n) is 2.89. The number of nitrogens with two attached hydrogens (primary N) is 1. The minimum absolute atomic E-state index is 0.0761. The number of hydrogen-bond acceptors (Lipinski definition) is 3. The average Bonchev–Trinajstić information content (AvgIpc) is 2.40. The number of benzene rings is 1. The average molecular weight is 280 g/mol. The van der Waals surface area contributed by atoms with E-state index < -0.39 is 0 Å². The molecular formula is C13H16N2OS2. The molecule has 2 rings (SSSR count). The molecule has 1 aliphatic heterocycles. The fourth-order valence-corrected chi connectivity index (χ4v) is 3.25. The first-order chi connectivity index (χ1) is 8.66. The molecule has 1 saturated heterocycles. The molecule has 1 aromatic carbocycles. The first kappa shape index (κ1) is 13.4. The summed E-state index contributed by atoms with van der Waals surface area (Å²) in [5, 5.41) is 3.01. The Kier molecular flexibility index (Phi) is 4.60. The molecule has 1 unspecified atom stereocenters. The van der Waals surface area contributed by atoms with Gasteiger partial charge < -0.3 is 11.1 Å². The summed E-state index contributed by atoms with van der Waals surface area (Å²) in [6.07, 6.45) is 3.31. The minimum Gasteiger partial charge on any atom is -0.389 e. The number of anilines is 1. The maximum atomic E-state index is 12.1. The number of nitrogens with one attached hydrogen (secondary N) is 1. The molecule has 0 spiro atoms. The van der Waals surface area contributed by atoms with Crippen LogP contribution in [0, 0.1) is 0 Å². The van der Waals surface area contributed by atoms with Gasteiger partial charge in [0, 0.05) is 11.3 Å². The predicted octanol–water partition coefficient (Wildman–Crippen LogP) is 2.55. The maximum Gasteiger partial charge on any atom is 0.237 e. The Hall–Kier alpha value is -1.07. The van der Waals surface area contributed by atoms with Crippen LogP contribution in [0.5, 0.6) is 0 Å². The maximum absolute atomic E-state index is 12.1. The van der Waals surface area contributed by atoms with E-state index >= 15 is 0 Å². The first-order valence-electron chi connectivity index (χ1n) is 5.99. The number of thioether (sulfide) groups is 1. The van der Waals surface area contributed by atoms with Crippen molar-refractivity contribution in [2.24, 2.45) is 5.73 Å². The van der Waals surface area contributed by atoms with Crippen LogP contribution in [-0.2, 0) is 4.79 Å². The van der Waals surface area contributed by atoms with Gasteiger partial charge in [-0.2, -0.15) is 0 Å². The van der Waals surface area contributed by atoms with E-state index in [2.05, 4.69) is 5.32 Å². The fourth-order valence-electron chi connectivity index (χ4n) is 1.92. The quantitative estimate of drug-likeness (QED) is 0.836. The van der Waals surface area contributed by atoms with Gasteiger partial charge in [0.25, 0.3) is 0 Å². The molecular weight excluding hydrogens is 264 g/mol. The summed E-state index contributed by atoms with van der Waals surface area (Å²) in [5.74, 6) is 1.16. The van der Waals surface area contributed by atoms with Crippen LogP contribution in [0.3, 0.4) is 0 Å². The Bertz CT molecular complexity index is 456. The molecule has 0 aromatic heterocycles. The van der Waals surface area contributed by atoms with Crippen LogP contribution in [-0.4, -0.2) is 21.9 Å². The van der Waals surface area contributed by atoms with Crippen LogP contribution in [0.25, 0.3) is 0 Å². The summed E-state index contributed by atoms with van der Waals surface area (Å²) < 4.78 is 0. The van der Waals surface area contributed by atoms with Crippen molar-refractivity contribution in [1.29, 1.82) is 0 Å². The highest BCUT2D eigenvalue weighted by Crippen LogP contribution is 2.26. The zero-order chi connectivity index (χ0) is 13.0. The van der Waals surface area contributed by atoms with E-state index in [-0.39, 0.29) is 11.2 Å². The van der Waals surface area contributed by atoms with Crippen LogP contribution < -0.4 is 11.1 Å². The molecule has 1 heterocycles. The zero-order valence-electron chi connectivity index (χ0n) is 10.0. The number of amides is 1. The molecule has 0 saturated carbocycles. The van der Waals surface area contributed by atoms with Gasteiger partial charge in [0.1, 0.15) is 4.99 Å². The first-order valence-corrected chi connectivity index (χ1v) is 7.45. The van der Waals surface area contributed by atoms with Gasteiger partial charge >= 0.3 is 0 Å². The third-order valence-corrected chi connectivity index (χ3v) is 4.50. The molecule has 1 atom stereocenters. The van der Waals surface area contributed by atoms with Gasteiger partial charge in [-0.3, -0.25) is 4.79 Å². The van der Waals surface area contributed by atoms with Gasteiger partial charge in [0.15, 0.2) is 0 Å². The number of rotatable bonds is 3. The molecule has 0 radical (unpaired) electrons. The monoisotopic (exact) mass is 280 g/mol. The summed E-state index contributed by atoms with van der Waals surface area (Å²) in [5.41, 5.74) is 7.11. The Morgan fingerprint density at radius 3 is 2.94 bits per heavy atom. The summed E-state index contributed by atoms with van der Waals surface area (Å²) in [7, 11) is 0. The molecule has 18 heavy (non-hydrogen) atoms. The number of thiocarbonyl (C=S) groups is 1. The van der Waals surface area contributed by atoms with Gasteiger partial charge in [-0.05, 0) is 30.7 Å². The number of hydrogen-bond donors (Lipinski definition) is 2. The van der Waals surface area contributed by atoms with Crippen molar-refractivity contribution in [3.63, 3.8) is 0 Å². The normalized spacial score (nSPS) is 19.2. The van der Waals surface area contributed by atoms with E-state index in [1.165, 1.54) is 6.42 Å². The van der Waals surface area contributed by atoms with Crippen molar-refractivity contribution in [2.45, 2.75) is 24.5 Å². The Labute approximate surface area is 117 Å². The van der Waals surface area contributed by atoms with Gasteiger partial charge in [-0.1, -0.05) is 30.8 Å². The second kappa shape index (κ2) is 6.20. The highest BCUT2D eigenvalue weighted by molar-refractivity contribution is 8.00. The number of carbonyl (C=O) groups excluding carboxylic acids is 1. The van der Waals surface area contributed by atoms with Crippen LogP contribution >= 0.6 is 24.0 Å². The second-order valence-corrected chi connectivity index (χ2v) is 6.04. The summed E-state index contributed by atoms with van der Waals surface area (Å²) in [6.45, 7) is 0. The Morgan fingerprint density at radius 2 is 2.28 bits per heavy atom. The summed E-state index contributed by atoms with van der Waals surface area (Å²) >= 11 is 6.66. The van der Waals surface area contributed by atoms with Crippen LogP contribution in [0.4, 0.5) is 5.69 Å². The van der Waals surface area contributed by atoms with Gasteiger partial charge in [-0.15, -0.1) is 11.8 Å². The highest BCUT2D eigenvalue weighted by Gasteiger charge is 2.21. The lowest BCUT2D eigenvalue weighted by molar-refractivity contribution is -0.115. The topological polar surface area (TPSA) is 55.1 Å². The second-order valence-electron chi connectivity index (χ2n) is 4.29. The smallest absolute Gasteiger partial charge is 0.237 e. The van der Waals surface area contributed by atoms with E-state index in [1.54, 1.807) is 11.8 Å². The summed E-state index contributed by atoms with van der Waals surface area (Å²) in [4.78, 5) is 12.4. The lowest BCUT2D eigenvalue weighted by Crippen LogP contribution is -2.27. The molecule has 0 bridgehead atoms. The Morgan fingerprint density at radius 1 is 1.44 bits per heavy atom.